The van der Waals surface area contributed by atoms with Gasteiger partial charge in [0.05, 0.1) is 12.0 Å². The van der Waals surface area contributed by atoms with Crippen molar-refractivity contribution in [2.45, 2.75) is 57.5 Å². The van der Waals surface area contributed by atoms with Crippen molar-refractivity contribution in [1.82, 2.24) is 0 Å². The summed E-state index contributed by atoms with van der Waals surface area (Å²) in [4.78, 5) is 23.6. The maximum absolute atomic E-state index is 12.1. The lowest BCUT2D eigenvalue weighted by atomic mass is 9.97. The molecular formula is C17H24N2O3. The average Bonchev–Trinajstić information content (AvgIpc) is 2.85. The molecule has 0 radical (unpaired) electrons. The third kappa shape index (κ3) is 4.84. The van der Waals surface area contributed by atoms with E-state index in [1.165, 1.54) is 0 Å². The van der Waals surface area contributed by atoms with E-state index in [2.05, 4.69) is 10.6 Å². The monoisotopic (exact) mass is 304 g/mol. The maximum atomic E-state index is 12.1. The van der Waals surface area contributed by atoms with E-state index in [-0.39, 0.29) is 18.2 Å². The van der Waals surface area contributed by atoms with Crippen LogP contribution in [0.2, 0.25) is 0 Å². The van der Waals surface area contributed by atoms with Gasteiger partial charge in [0, 0.05) is 17.8 Å². The molecule has 2 amide bonds. The molecule has 0 heterocycles. The fraction of sp³-hybridized carbons (Fsp3) is 0.529. The summed E-state index contributed by atoms with van der Waals surface area (Å²) in [6.45, 7) is 1.95. The third-order valence-electron chi connectivity index (χ3n) is 3.93. The first kappa shape index (κ1) is 16.5. The number of aliphatic hydroxyl groups is 1. The van der Waals surface area contributed by atoms with Crippen LogP contribution in [0, 0.1) is 0 Å². The van der Waals surface area contributed by atoms with E-state index in [9.17, 15) is 14.7 Å². The molecule has 0 spiro atoms. The molecule has 5 heteroatoms. The Morgan fingerprint density at radius 2 is 1.73 bits per heavy atom. The summed E-state index contributed by atoms with van der Waals surface area (Å²) in [5.74, 6) is -0.229. The van der Waals surface area contributed by atoms with Crippen molar-refractivity contribution in [2.75, 3.05) is 10.6 Å². The Bertz CT molecular complexity index is 536. The topological polar surface area (TPSA) is 78.4 Å². The summed E-state index contributed by atoms with van der Waals surface area (Å²) in [5.41, 5.74) is 0.438. The molecule has 0 aliphatic heterocycles. The van der Waals surface area contributed by atoms with Crippen molar-refractivity contribution in [3.63, 3.8) is 0 Å². The van der Waals surface area contributed by atoms with E-state index in [0.717, 1.165) is 19.3 Å². The number of carbonyl (C=O) groups is 2. The largest absolute Gasteiger partial charge is 0.389 e. The molecule has 3 N–H and O–H groups in total. The van der Waals surface area contributed by atoms with Gasteiger partial charge in [0.15, 0.2) is 0 Å². The summed E-state index contributed by atoms with van der Waals surface area (Å²) in [5, 5.41) is 15.8. The van der Waals surface area contributed by atoms with Gasteiger partial charge in [-0.25, -0.2) is 0 Å². The highest BCUT2D eigenvalue weighted by Gasteiger charge is 2.33. The normalized spacial score (nSPS) is 16.3. The predicted octanol–water partition coefficient (Wildman–Crippen LogP) is 3.06. The van der Waals surface area contributed by atoms with E-state index in [1.54, 1.807) is 24.3 Å². The summed E-state index contributed by atoms with van der Waals surface area (Å²) >= 11 is 0. The molecule has 1 aromatic rings. The number of amides is 2. The lowest BCUT2D eigenvalue weighted by molar-refractivity contribution is -0.121. The van der Waals surface area contributed by atoms with Gasteiger partial charge in [0.25, 0.3) is 0 Å². The lowest BCUT2D eigenvalue weighted by Gasteiger charge is -2.21. The van der Waals surface area contributed by atoms with Gasteiger partial charge >= 0.3 is 0 Å². The fourth-order valence-electron chi connectivity index (χ4n) is 2.84. The maximum Gasteiger partial charge on any atom is 0.227 e. The minimum Gasteiger partial charge on any atom is -0.389 e. The highest BCUT2D eigenvalue weighted by atomic mass is 16.3. The summed E-state index contributed by atoms with van der Waals surface area (Å²) in [6.07, 6.45) is 4.72. The molecule has 22 heavy (non-hydrogen) atoms. The fourth-order valence-corrected chi connectivity index (χ4v) is 2.84. The Labute approximate surface area is 131 Å². The molecule has 1 saturated carbocycles. The van der Waals surface area contributed by atoms with Gasteiger partial charge in [-0.3, -0.25) is 9.59 Å². The number of rotatable bonds is 6. The molecular weight excluding hydrogens is 280 g/mol. The van der Waals surface area contributed by atoms with Gasteiger partial charge in [0.1, 0.15) is 0 Å². The van der Waals surface area contributed by atoms with Gasteiger partial charge < -0.3 is 15.7 Å². The van der Waals surface area contributed by atoms with Crippen molar-refractivity contribution in [3.05, 3.63) is 24.3 Å². The Kier molecular flexibility index (Phi) is 5.55. The van der Waals surface area contributed by atoms with Gasteiger partial charge in [-0.1, -0.05) is 25.8 Å². The van der Waals surface area contributed by atoms with E-state index in [0.29, 0.717) is 30.6 Å². The van der Waals surface area contributed by atoms with Crippen LogP contribution >= 0.6 is 0 Å². The van der Waals surface area contributed by atoms with Crippen LogP contribution in [0.3, 0.4) is 0 Å². The first-order valence-corrected chi connectivity index (χ1v) is 7.93. The molecule has 1 fully saturated rings. The number of benzene rings is 1. The standard InChI is InChI=1S/C17H24N2O3/c1-2-6-15(20)18-13-7-5-8-14(11-13)19-16(21)12-17(22)9-3-4-10-17/h5,7-8,11,22H,2-4,6,9-10,12H2,1H3,(H,18,20)(H,19,21). The Morgan fingerprint density at radius 1 is 1.14 bits per heavy atom. The minimum absolute atomic E-state index is 0.0359. The van der Waals surface area contributed by atoms with Crippen molar-refractivity contribution in [3.8, 4) is 0 Å². The molecule has 0 bridgehead atoms. The first-order valence-electron chi connectivity index (χ1n) is 7.93. The molecule has 1 aliphatic rings. The van der Waals surface area contributed by atoms with E-state index in [1.807, 2.05) is 6.92 Å². The average molecular weight is 304 g/mol. The Hall–Kier alpha value is -1.88. The zero-order chi connectivity index (χ0) is 16.0. The number of hydrogen-bond donors (Lipinski definition) is 3. The molecule has 0 atom stereocenters. The van der Waals surface area contributed by atoms with Gasteiger partial charge in [-0.15, -0.1) is 0 Å². The third-order valence-corrected chi connectivity index (χ3v) is 3.93. The number of hydrogen-bond acceptors (Lipinski definition) is 3. The quantitative estimate of drug-likeness (QED) is 0.756. The van der Waals surface area contributed by atoms with Crippen molar-refractivity contribution >= 4 is 23.2 Å². The van der Waals surface area contributed by atoms with Crippen LogP contribution in [-0.2, 0) is 9.59 Å². The van der Waals surface area contributed by atoms with Crippen LogP contribution in [0.5, 0.6) is 0 Å². The first-order chi connectivity index (χ1) is 10.5. The number of carbonyl (C=O) groups excluding carboxylic acids is 2. The molecule has 0 saturated heterocycles. The molecule has 1 aliphatic carbocycles. The second kappa shape index (κ2) is 7.40. The molecule has 2 rings (SSSR count). The molecule has 120 valence electrons. The second-order valence-electron chi connectivity index (χ2n) is 6.04. The zero-order valence-electron chi connectivity index (χ0n) is 13.0. The minimum atomic E-state index is -0.850. The summed E-state index contributed by atoms with van der Waals surface area (Å²) in [7, 11) is 0. The summed E-state index contributed by atoms with van der Waals surface area (Å²) < 4.78 is 0. The van der Waals surface area contributed by atoms with Crippen LogP contribution in [-0.4, -0.2) is 22.5 Å². The van der Waals surface area contributed by atoms with Crippen LogP contribution in [0.4, 0.5) is 11.4 Å². The second-order valence-corrected chi connectivity index (χ2v) is 6.04. The number of nitrogens with one attached hydrogen (secondary N) is 2. The molecule has 5 nitrogen and oxygen atoms in total. The van der Waals surface area contributed by atoms with Crippen LogP contribution < -0.4 is 10.6 Å². The lowest BCUT2D eigenvalue weighted by Crippen LogP contribution is -2.30. The van der Waals surface area contributed by atoms with Crippen molar-refractivity contribution in [2.24, 2.45) is 0 Å². The van der Waals surface area contributed by atoms with E-state index < -0.39 is 5.60 Å². The van der Waals surface area contributed by atoms with Gasteiger partial charge in [-0.2, -0.15) is 0 Å². The SMILES string of the molecule is CCCC(=O)Nc1cccc(NC(=O)CC2(O)CCCC2)c1. The van der Waals surface area contributed by atoms with Crippen LogP contribution in [0.1, 0.15) is 51.9 Å². The van der Waals surface area contributed by atoms with Crippen molar-refractivity contribution < 1.29 is 14.7 Å². The zero-order valence-corrected chi connectivity index (χ0v) is 13.0. The number of anilines is 2. The molecule has 0 aromatic heterocycles. The Morgan fingerprint density at radius 3 is 2.32 bits per heavy atom. The van der Waals surface area contributed by atoms with E-state index in [4.69, 9.17) is 0 Å². The predicted molar refractivity (Wildman–Crippen MR) is 86.6 cm³/mol. The highest BCUT2D eigenvalue weighted by Crippen LogP contribution is 2.32. The molecule has 0 unspecified atom stereocenters. The van der Waals surface area contributed by atoms with E-state index >= 15 is 0 Å². The highest BCUT2D eigenvalue weighted by molar-refractivity contribution is 5.94. The van der Waals surface area contributed by atoms with Crippen molar-refractivity contribution in [1.29, 1.82) is 0 Å². The Balaban J connectivity index is 1.92. The van der Waals surface area contributed by atoms with Crippen LogP contribution in [0.25, 0.3) is 0 Å². The van der Waals surface area contributed by atoms with Gasteiger partial charge in [0.2, 0.25) is 11.8 Å². The summed E-state index contributed by atoms with van der Waals surface area (Å²) in [6, 6.07) is 7.06. The molecule has 1 aromatic carbocycles. The van der Waals surface area contributed by atoms with Crippen LogP contribution in [0.15, 0.2) is 24.3 Å². The van der Waals surface area contributed by atoms with Gasteiger partial charge in [-0.05, 0) is 37.5 Å². The smallest absolute Gasteiger partial charge is 0.227 e.